The normalized spacial score (nSPS) is 10.4. The molecule has 0 unspecified atom stereocenters. The van der Waals surface area contributed by atoms with Crippen LogP contribution in [0.2, 0.25) is 0 Å². The van der Waals surface area contributed by atoms with Crippen molar-refractivity contribution in [1.82, 2.24) is 15.6 Å². The van der Waals surface area contributed by atoms with Gasteiger partial charge in [0.05, 0.1) is 6.54 Å². The fourth-order valence-corrected chi connectivity index (χ4v) is 3.12. The summed E-state index contributed by atoms with van der Waals surface area (Å²) in [5, 5.41) is 6.35. The van der Waals surface area contributed by atoms with E-state index in [1.54, 1.807) is 35.7 Å². The maximum atomic E-state index is 13.4. The summed E-state index contributed by atoms with van der Waals surface area (Å²) in [6.07, 6.45) is 1.78. The maximum absolute atomic E-state index is 13.4. The summed E-state index contributed by atoms with van der Waals surface area (Å²) in [6, 6.07) is 6.37. The second kappa shape index (κ2) is 7.99. The number of aryl methyl sites for hydroxylation is 1. The summed E-state index contributed by atoms with van der Waals surface area (Å²) in [5.41, 5.74) is 0. The van der Waals surface area contributed by atoms with Gasteiger partial charge in [-0.2, -0.15) is 0 Å². The molecule has 7 heteroatoms. The lowest BCUT2D eigenvalue weighted by atomic mass is 10.3. The van der Waals surface area contributed by atoms with Crippen LogP contribution in [0, 0.1) is 12.7 Å². The van der Waals surface area contributed by atoms with E-state index < -0.39 is 0 Å². The number of nitrogens with one attached hydrogen (secondary N) is 2. The lowest BCUT2D eigenvalue weighted by Gasteiger charge is -2.06. The number of hydrogen-bond acceptors (Lipinski definition) is 4. The van der Waals surface area contributed by atoms with Gasteiger partial charge in [-0.3, -0.25) is 0 Å². The van der Waals surface area contributed by atoms with Crippen molar-refractivity contribution in [1.29, 1.82) is 0 Å². The second-order valence-corrected chi connectivity index (χ2v) is 6.71. The monoisotopic (exact) mass is 325 g/mol. The highest BCUT2D eigenvalue weighted by Crippen LogP contribution is 2.20. The minimum absolute atomic E-state index is 0.230. The zero-order valence-electron chi connectivity index (χ0n) is 11.6. The number of aromatic nitrogens is 1. The number of halogens is 1. The quantitative estimate of drug-likeness (QED) is 0.633. The van der Waals surface area contributed by atoms with Gasteiger partial charge in [0.1, 0.15) is 10.8 Å². The summed E-state index contributed by atoms with van der Waals surface area (Å²) in [5.74, 6) is 0.385. The first-order chi connectivity index (χ1) is 10.1. The molecule has 0 aliphatic rings. The van der Waals surface area contributed by atoms with Gasteiger partial charge in [-0.15, -0.1) is 23.1 Å². The molecule has 4 nitrogen and oxygen atoms in total. The van der Waals surface area contributed by atoms with E-state index in [0.717, 1.165) is 9.88 Å². The SMILES string of the molecule is Cc1cnc(CNC(=O)NCCSc2ccccc2F)s1. The Hall–Kier alpha value is -1.60. The highest BCUT2D eigenvalue weighted by atomic mass is 32.2. The molecule has 1 heterocycles. The molecule has 2 amide bonds. The smallest absolute Gasteiger partial charge is 0.315 e. The predicted octanol–water partition coefficient (Wildman–Crippen LogP) is 3.18. The zero-order chi connectivity index (χ0) is 15.1. The number of carbonyl (C=O) groups is 1. The van der Waals surface area contributed by atoms with Crippen LogP contribution < -0.4 is 10.6 Å². The first-order valence-corrected chi connectivity index (χ1v) is 8.25. The molecule has 2 N–H and O–H groups in total. The van der Waals surface area contributed by atoms with E-state index >= 15 is 0 Å². The Bertz CT molecular complexity index is 603. The second-order valence-electron chi connectivity index (χ2n) is 4.25. The van der Waals surface area contributed by atoms with Crippen molar-refractivity contribution in [2.24, 2.45) is 0 Å². The van der Waals surface area contributed by atoms with Crippen LogP contribution in [0.5, 0.6) is 0 Å². The van der Waals surface area contributed by atoms with Crippen molar-refractivity contribution in [3.05, 3.63) is 46.2 Å². The van der Waals surface area contributed by atoms with Crippen LogP contribution in [0.1, 0.15) is 9.88 Å². The summed E-state index contributed by atoms with van der Waals surface area (Å²) >= 11 is 2.94. The van der Waals surface area contributed by atoms with Gasteiger partial charge in [-0.1, -0.05) is 12.1 Å². The summed E-state index contributed by atoms with van der Waals surface area (Å²) in [6.45, 7) is 2.87. The third kappa shape index (κ3) is 5.35. The van der Waals surface area contributed by atoms with Gasteiger partial charge in [0.2, 0.25) is 0 Å². The Morgan fingerprint density at radius 2 is 2.19 bits per heavy atom. The van der Waals surface area contributed by atoms with Gasteiger partial charge in [0, 0.05) is 28.3 Å². The molecular formula is C14H16FN3OS2. The fourth-order valence-electron chi connectivity index (χ4n) is 1.59. The molecule has 0 aliphatic carbocycles. The average Bonchev–Trinajstić information content (AvgIpc) is 2.89. The molecule has 2 rings (SSSR count). The molecule has 112 valence electrons. The number of urea groups is 1. The maximum Gasteiger partial charge on any atom is 0.315 e. The average molecular weight is 325 g/mol. The molecule has 0 saturated carbocycles. The molecule has 0 atom stereocenters. The highest BCUT2D eigenvalue weighted by Gasteiger charge is 2.04. The topological polar surface area (TPSA) is 54.0 Å². The van der Waals surface area contributed by atoms with E-state index in [-0.39, 0.29) is 11.8 Å². The number of rotatable bonds is 6. The molecule has 1 aromatic carbocycles. The molecule has 1 aromatic heterocycles. The van der Waals surface area contributed by atoms with Gasteiger partial charge in [0.15, 0.2) is 0 Å². The van der Waals surface area contributed by atoms with Gasteiger partial charge < -0.3 is 10.6 Å². The minimum atomic E-state index is -0.239. The van der Waals surface area contributed by atoms with Crippen molar-refractivity contribution in [3.63, 3.8) is 0 Å². The fraction of sp³-hybridized carbons (Fsp3) is 0.286. The predicted molar refractivity (Wildman–Crippen MR) is 84.2 cm³/mol. The number of amides is 2. The molecule has 0 aliphatic heterocycles. The largest absolute Gasteiger partial charge is 0.337 e. The van der Waals surface area contributed by atoms with Gasteiger partial charge in [-0.05, 0) is 19.1 Å². The van der Waals surface area contributed by atoms with Gasteiger partial charge in [-0.25, -0.2) is 14.2 Å². The van der Waals surface area contributed by atoms with Crippen LogP contribution in [0.3, 0.4) is 0 Å². The molecule has 0 saturated heterocycles. The van der Waals surface area contributed by atoms with Crippen molar-refractivity contribution < 1.29 is 9.18 Å². The molecule has 0 spiro atoms. The third-order valence-electron chi connectivity index (χ3n) is 2.55. The minimum Gasteiger partial charge on any atom is -0.337 e. The van der Waals surface area contributed by atoms with Crippen LogP contribution >= 0.6 is 23.1 Å². The van der Waals surface area contributed by atoms with E-state index in [1.165, 1.54) is 17.8 Å². The molecule has 2 aromatic rings. The Labute approximate surface area is 131 Å². The lowest BCUT2D eigenvalue weighted by Crippen LogP contribution is -2.36. The van der Waals surface area contributed by atoms with Crippen LogP contribution in [-0.2, 0) is 6.54 Å². The summed E-state index contributed by atoms with van der Waals surface area (Å²) < 4.78 is 13.4. The van der Waals surface area contributed by atoms with E-state index in [4.69, 9.17) is 0 Å². The van der Waals surface area contributed by atoms with E-state index in [0.29, 0.717) is 23.7 Å². The number of carbonyl (C=O) groups excluding carboxylic acids is 1. The first kappa shape index (κ1) is 15.8. The number of benzene rings is 1. The number of thioether (sulfide) groups is 1. The highest BCUT2D eigenvalue weighted by molar-refractivity contribution is 7.99. The summed E-state index contributed by atoms with van der Waals surface area (Å²) in [4.78, 5) is 17.5. The van der Waals surface area contributed by atoms with Crippen LogP contribution in [0.15, 0.2) is 35.4 Å². The summed E-state index contributed by atoms with van der Waals surface area (Å²) in [7, 11) is 0. The Balaban J connectivity index is 1.62. The Morgan fingerprint density at radius 3 is 2.90 bits per heavy atom. The zero-order valence-corrected chi connectivity index (χ0v) is 13.2. The number of nitrogens with zero attached hydrogens (tertiary/aromatic N) is 1. The number of thiazole rings is 1. The van der Waals surface area contributed by atoms with Crippen molar-refractivity contribution in [2.45, 2.75) is 18.4 Å². The van der Waals surface area contributed by atoms with Crippen molar-refractivity contribution >= 4 is 29.1 Å². The molecular weight excluding hydrogens is 309 g/mol. The van der Waals surface area contributed by atoms with E-state index in [2.05, 4.69) is 15.6 Å². The lowest BCUT2D eigenvalue weighted by molar-refractivity contribution is 0.241. The van der Waals surface area contributed by atoms with Gasteiger partial charge >= 0.3 is 6.03 Å². The van der Waals surface area contributed by atoms with Crippen LogP contribution in [0.4, 0.5) is 9.18 Å². The van der Waals surface area contributed by atoms with Crippen molar-refractivity contribution in [2.75, 3.05) is 12.3 Å². The molecule has 21 heavy (non-hydrogen) atoms. The van der Waals surface area contributed by atoms with E-state index in [1.807, 2.05) is 6.92 Å². The third-order valence-corrected chi connectivity index (χ3v) is 4.51. The van der Waals surface area contributed by atoms with E-state index in [9.17, 15) is 9.18 Å². The number of hydrogen-bond donors (Lipinski definition) is 2. The molecule has 0 fully saturated rings. The molecule has 0 bridgehead atoms. The van der Waals surface area contributed by atoms with Gasteiger partial charge in [0.25, 0.3) is 0 Å². The van der Waals surface area contributed by atoms with Crippen LogP contribution in [-0.4, -0.2) is 23.3 Å². The molecule has 0 radical (unpaired) electrons. The van der Waals surface area contributed by atoms with Crippen LogP contribution in [0.25, 0.3) is 0 Å². The Morgan fingerprint density at radius 1 is 1.38 bits per heavy atom. The van der Waals surface area contributed by atoms with Crippen molar-refractivity contribution in [3.8, 4) is 0 Å². The first-order valence-electron chi connectivity index (χ1n) is 6.45. The Kier molecular flexibility index (Phi) is 6.01. The standard InChI is InChI=1S/C14H16FN3OS2/c1-10-8-17-13(21-10)9-18-14(19)16-6-7-20-12-5-3-2-4-11(12)15/h2-5,8H,6-7,9H2,1H3,(H2,16,18,19).